The molecule has 24 heavy (non-hydrogen) atoms. The van der Waals surface area contributed by atoms with E-state index >= 15 is 0 Å². The molecule has 0 bridgehead atoms. The van der Waals surface area contributed by atoms with Crippen molar-refractivity contribution in [2.75, 3.05) is 18.4 Å². The zero-order valence-electron chi connectivity index (χ0n) is 12.8. The van der Waals surface area contributed by atoms with Gasteiger partial charge >= 0.3 is 0 Å². The molecular formula is C16H16N6OS. The lowest BCUT2D eigenvalue weighted by Crippen LogP contribution is -2.21. The molecule has 3 heterocycles. The summed E-state index contributed by atoms with van der Waals surface area (Å²) in [4.78, 5) is 16.8. The summed E-state index contributed by atoms with van der Waals surface area (Å²) in [5.41, 5.74) is 8.17. The quantitative estimate of drug-likeness (QED) is 0.674. The third-order valence-corrected chi connectivity index (χ3v) is 4.79. The summed E-state index contributed by atoms with van der Waals surface area (Å²) in [5.74, 6) is 0.0985. The first-order chi connectivity index (χ1) is 11.8. The molecule has 0 aliphatic carbocycles. The summed E-state index contributed by atoms with van der Waals surface area (Å²) in [6.45, 7) is 1.66. The van der Waals surface area contributed by atoms with E-state index in [4.69, 9.17) is 0 Å². The number of rotatable bonds is 4. The lowest BCUT2D eigenvalue weighted by atomic mass is 10.2. The van der Waals surface area contributed by atoms with Crippen molar-refractivity contribution >= 4 is 22.9 Å². The Morgan fingerprint density at radius 1 is 1.25 bits per heavy atom. The normalized spacial score (nSPS) is 14.8. The van der Waals surface area contributed by atoms with Gasteiger partial charge in [-0.1, -0.05) is 18.2 Å². The van der Waals surface area contributed by atoms with E-state index in [-0.39, 0.29) is 5.91 Å². The van der Waals surface area contributed by atoms with Gasteiger partial charge in [-0.2, -0.15) is 5.10 Å². The first-order valence-electron chi connectivity index (χ1n) is 7.62. The molecule has 1 fully saturated rings. The fourth-order valence-electron chi connectivity index (χ4n) is 2.52. The Morgan fingerprint density at radius 2 is 2.04 bits per heavy atom. The Bertz CT molecular complexity index is 837. The third-order valence-electron chi connectivity index (χ3n) is 3.79. The second-order valence-electron chi connectivity index (χ2n) is 5.49. The molecule has 1 saturated heterocycles. The van der Waals surface area contributed by atoms with Crippen LogP contribution < -0.4 is 16.2 Å². The molecule has 1 aliphatic heterocycles. The molecule has 3 aromatic rings. The second kappa shape index (κ2) is 6.52. The number of carbonyl (C=O) groups is 1. The van der Waals surface area contributed by atoms with Crippen molar-refractivity contribution in [3.05, 3.63) is 58.8 Å². The summed E-state index contributed by atoms with van der Waals surface area (Å²) >= 11 is 1.52. The molecular weight excluding hydrogens is 324 g/mol. The van der Waals surface area contributed by atoms with Crippen LogP contribution in [0.25, 0.3) is 5.69 Å². The SMILES string of the molecule is O=C(Nc1cnn(-c2ccccc2)c1)c1csc(C2CNNC2)n1. The van der Waals surface area contributed by atoms with E-state index in [9.17, 15) is 4.79 Å². The molecule has 7 nitrogen and oxygen atoms in total. The van der Waals surface area contributed by atoms with Gasteiger partial charge < -0.3 is 5.32 Å². The zero-order chi connectivity index (χ0) is 16.4. The molecule has 8 heteroatoms. The highest BCUT2D eigenvalue weighted by atomic mass is 32.1. The molecule has 0 unspecified atom stereocenters. The third kappa shape index (κ3) is 3.07. The fourth-order valence-corrected chi connectivity index (χ4v) is 3.42. The van der Waals surface area contributed by atoms with Gasteiger partial charge in [0.2, 0.25) is 0 Å². The number of para-hydroxylation sites is 1. The van der Waals surface area contributed by atoms with Crippen LogP contribution >= 0.6 is 11.3 Å². The summed E-state index contributed by atoms with van der Waals surface area (Å²) in [6, 6.07) is 9.74. The van der Waals surface area contributed by atoms with Gasteiger partial charge in [0, 0.05) is 24.4 Å². The number of benzene rings is 1. The van der Waals surface area contributed by atoms with Crippen molar-refractivity contribution in [1.82, 2.24) is 25.6 Å². The van der Waals surface area contributed by atoms with Crippen molar-refractivity contribution in [3.8, 4) is 5.69 Å². The number of amides is 1. The van der Waals surface area contributed by atoms with Crippen LogP contribution in [0.5, 0.6) is 0 Å². The number of hydrogen-bond acceptors (Lipinski definition) is 6. The van der Waals surface area contributed by atoms with Crippen LogP contribution in [0, 0.1) is 0 Å². The maximum absolute atomic E-state index is 12.4. The van der Waals surface area contributed by atoms with Crippen LogP contribution in [-0.4, -0.2) is 33.8 Å². The first kappa shape index (κ1) is 15.0. The standard InChI is InChI=1S/C16H16N6OS/c23-15(14-10-24-16(21-14)11-6-17-18-7-11)20-12-8-19-22(9-12)13-4-2-1-3-5-13/h1-5,8-11,17-18H,6-7H2,(H,20,23). The fraction of sp³-hybridized carbons (Fsp3) is 0.188. The lowest BCUT2D eigenvalue weighted by molar-refractivity contribution is 0.102. The van der Waals surface area contributed by atoms with E-state index in [0.29, 0.717) is 17.3 Å². The average Bonchev–Trinajstić information content (AvgIpc) is 3.36. The molecule has 0 saturated carbocycles. The minimum atomic E-state index is -0.218. The van der Waals surface area contributed by atoms with Gasteiger partial charge in [-0.15, -0.1) is 11.3 Å². The minimum absolute atomic E-state index is 0.218. The van der Waals surface area contributed by atoms with Crippen LogP contribution in [-0.2, 0) is 0 Å². The van der Waals surface area contributed by atoms with Gasteiger partial charge in [-0.25, -0.2) is 9.67 Å². The summed E-state index contributed by atoms with van der Waals surface area (Å²) < 4.78 is 1.72. The number of thiazole rings is 1. The summed E-state index contributed by atoms with van der Waals surface area (Å²) in [6.07, 6.45) is 3.41. The van der Waals surface area contributed by atoms with Crippen LogP contribution in [0.2, 0.25) is 0 Å². The van der Waals surface area contributed by atoms with E-state index in [0.717, 1.165) is 23.8 Å². The highest BCUT2D eigenvalue weighted by molar-refractivity contribution is 7.10. The Balaban J connectivity index is 1.45. The van der Waals surface area contributed by atoms with Crippen molar-refractivity contribution in [2.24, 2.45) is 0 Å². The van der Waals surface area contributed by atoms with Gasteiger partial charge in [0.05, 0.1) is 28.8 Å². The average molecular weight is 340 g/mol. The molecule has 1 aromatic carbocycles. The molecule has 1 amide bonds. The molecule has 0 radical (unpaired) electrons. The minimum Gasteiger partial charge on any atom is -0.318 e. The van der Waals surface area contributed by atoms with Gasteiger partial charge in [0.25, 0.3) is 5.91 Å². The predicted octanol–water partition coefficient (Wildman–Crippen LogP) is 1.77. The largest absolute Gasteiger partial charge is 0.318 e. The predicted molar refractivity (Wildman–Crippen MR) is 92.4 cm³/mol. The van der Waals surface area contributed by atoms with Crippen LogP contribution in [0.4, 0.5) is 5.69 Å². The molecule has 122 valence electrons. The molecule has 0 atom stereocenters. The number of hydrogen-bond donors (Lipinski definition) is 3. The Kier molecular flexibility index (Phi) is 4.08. The first-order valence-corrected chi connectivity index (χ1v) is 8.50. The number of carbonyl (C=O) groups excluding carboxylic acids is 1. The van der Waals surface area contributed by atoms with E-state index in [1.54, 1.807) is 22.5 Å². The Labute approximate surface area is 142 Å². The monoisotopic (exact) mass is 340 g/mol. The second-order valence-corrected chi connectivity index (χ2v) is 6.38. The molecule has 1 aliphatic rings. The van der Waals surface area contributed by atoms with E-state index in [1.165, 1.54) is 11.3 Å². The molecule has 3 N–H and O–H groups in total. The smallest absolute Gasteiger partial charge is 0.275 e. The number of hydrazine groups is 1. The van der Waals surface area contributed by atoms with E-state index < -0.39 is 0 Å². The lowest BCUT2D eigenvalue weighted by Gasteiger charge is -2.02. The Morgan fingerprint density at radius 3 is 2.83 bits per heavy atom. The number of anilines is 1. The van der Waals surface area contributed by atoms with Crippen molar-refractivity contribution in [3.63, 3.8) is 0 Å². The highest BCUT2D eigenvalue weighted by Crippen LogP contribution is 2.22. The maximum Gasteiger partial charge on any atom is 0.275 e. The molecule has 0 spiro atoms. The van der Waals surface area contributed by atoms with Crippen LogP contribution in [0.15, 0.2) is 48.1 Å². The topological polar surface area (TPSA) is 83.9 Å². The number of aromatic nitrogens is 3. The van der Waals surface area contributed by atoms with Gasteiger partial charge in [-0.3, -0.25) is 15.6 Å². The van der Waals surface area contributed by atoms with Gasteiger partial charge in [-0.05, 0) is 12.1 Å². The van der Waals surface area contributed by atoms with E-state index in [2.05, 4.69) is 26.3 Å². The number of nitrogens with one attached hydrogen (secondary N) is 3. The van der Waals surface area contributed by atoms with Crippen molar-refractivity contribution in [1.29, 1.82) is 0 Å². The van der Waals surface area contributed by atoms with Crippen molar-refractivity contribution in [2.45, 2.75) is 5.92 Å². The summed E-state index contributed by atoms with van der Waals surface area (Å²) in [5, 5.41) is 9.88. The van der Waals surface area contributed by atoms with Gasteiger partial charge in [0.1, 0.15) is 5.69 Å². The highest BCUT2D eigenvalue weighted by Gasteiger charge is 2.21. The Hall–Kier alpha value is -2.55. The van der Waals surface area contributed by atoms with Crippen molar-refractivity contribution < 1.29 is 4.79 Å². The molecule has 2 aromatic heterocycles. The van der Waals surface area contributed by atoms with Gasteiger partial charge in [0.15, 0.2) is 0 Å². The van der Waals surface area contributed by atoms with Crippen LogP contribution in [0.3, 0.4) is 0 Å². The molecule has 4 rings (SSSR count). The zero-order valence-corrected chi connectivity index (χ0v) is 13.6. The van der Waals surface area contributed by atoms with Crippen LogP contribution in [0.1, 0.15) is 21.4 Å². The number of nitrogens with zero attached hydrogens (tertiary/aromatic N) is 3. The maximum atomic E-state index is 12.4. The summed E-state index contributed by atoms with van der Waals surface area (Å²) in [7, 11) is 0. The van der Waals surface area contributed by atoms with E-state index in [1.807, 2.05) is 30.3 Å².